The maximum absolute atomic E-state index is 6.16. The van der Waals surface area contributed by atoms with Gasteiger partial charge in [-0.2, -0.15) is 0 Å². The van der Waals surface area contributed by atoms with E-state index in [0.29, 0.717) is 21.9 Å². The maximum Gasteiger partial charge on any atom is 0.257 e. The third-order valence-electron chi connectivity index (χ3n) is 3.63. The largest absolute Gasteiger partial charge is 0.419 e. The van der Waals surface area contributed by atoms with Gasteiger partial charge < -0.3 is 9.73 Å². The molecule has 4 rings (SSSR count). The Morgan fingerprint density at radius 2 is 2.07 bits per heavy atom. The summed E-state index contributed by atoms with van der Waals surface area (Å²) in [6.07, 6.45) is 0. The van der Waals surface area contributed by atoms with Crippen molar-refractivity contribution in [2.24, 2.45) is 0 Å². The van der Waals surface area contributed by atoms with Gasteiger partial charge in [-0.25, -0.2) is 0 Å². The first kappa shape index (κ1) is 18.4. The molecule has 0 aliphatic carbocycles. The number of thioether (sulfide) groups is 1. The molecule has 0 radical (unpaired) electrons. The number of hydrogen-bond donors (Lipinski definition) is 1. The van der Waals surface area contributed by atoms with Gasteiger partial charge in [0.1, 0.15) is 0 Å². The Kier molecular flexibility index (Phi) is 5.44. The van der Waals surface area contributed by atoms with Crippen LogP contribution in [-0.4, -0.2) is 20.4 Å². The van der Waals surface area contributed by atoms with E-state index < -0.39 is 0 Å². The fourth-order valence-corrected chi connectivity index (χ4v) is 4.97. The maximum atomic E-state index is 6.16. The number of aryl methyl sites for hydroxylation is 1. The zero-order valence-corrected chi connectivity index (χ0v) is 17.5. The molecule has 6 nitrogen and oxygen atoms in total. The molecular formula is C17H14ClN5OS3. The third-order valence-corrected chi connectivity index (χ3v) is 6.90. The molecule has 1 unspecified atom stereocenters. The normalized spacial score (nSPS) is 12.3. The van der Waals surface area contributed by atoms with Gasteiger partial charge in [-0.3, -0.25) is 0 Å². The highest BCUT2D eigenvalue weighted by Gasteiger charge is 2.19. The molecule has 3 aromatic heterocycles. The lowest BCUT2D eigenvalue weighted by Crippen LogP contribution is -1.89. The van der Waals surface area contributed by atoms with Gasteiger partial charge in [0.25, 0.3) is 5.89 Å². The smallest absolute Gasteiger partial charge is 0.257 e. The van der Waals surface area contributed by atoms with Gasteiger partial charge in [0.2, 0.25) is 11.0 Å². The van der Waals surface area contributed by atoms with Crippen LogP contribution in [0.15, 0.2) is 44.5 Å². The van der Waals surface area contributed by atoms with Gasteiger partial charge in [0.15, 0.2) is 4.34 Å². The quantitative estimate of drug-likeness (QED) is 0.361. The highest BCUT2D eigenvalue weighted by atomic mass is 35.5. The van der Waals surface area contributed by atoms with Crippen LogP contribution < -0.4 is 5.32 Å². The minimum Gasteiger partial charge on any atom is -0.419 e. The lowest BCUT2D eigenvalue weighted by Gasteiger charge is -2.04. The SMILES string of the molecule is Cc1ccc(Nc2nnc(SC(C)c3nnc(-c4cccs4)o3)s2)cc1Cl. The molecular weight excluding hydrogens is 422 g/mol. The number of halogens is 1. The molecule has 0 spiro atoms. The van der Waals surface area contributed by atoms with E-state index in [1.54, 1.807) is 11.3 Å². The van der Waals surface area contributed by atoms with Crippen LogP contribution in [0, 0.1) is 6.92 Å². The summed E-state index contributed by atoms with van der Waals surface area (Å²) >= 11 is 10.7. The Balaban J connectivity index is 1.42. The zero-order valence-electron chi connectivity index (χ0n) is 14.3. The molecule has 3 heterocycles. The monoisotopic (exact) mass is 435 g/mol. The van der Waals surface area contributed by atoms with Gasteiger partial charge in [-0.05, 0) is 43.0 Å². The number of nitrogens with one attached hydrogen (secondary N) is 1. The van der Waals surface area contributed by atoms with Crippen molar-refractivity contribution < 1.29 is 4.42 Å². The zero-order chi connectivity index (χ0) is 18.8. The second kappa shape index (κ2) is 7.97. The van der Waals surface area contributed by atoms with E-state index in [2.05, 4.69) is 25.7 Å². The summed E-state index contributed by atoms with van der Waals surface area (Å²) in [6, 6.07) is 9.71. The van der Waals surface area contributed by atoms with E-state index in [-0.39, 0.29) is 5.25 Å². The summed E-state index contributed by atoms with van der Waals surface area (Å²) in [7, 11) is 0. The second-order valence-electron chi connectivity index (χ2n) is 5.64. The van der Waals surface area contributed by atoms with E-state index in [1.165, 1.54) is 23.1 Å². The van der Waals surface area contributed by atoms with Crippen molar-refractivity contribution in [2.45, 2.75) is 23.4 Å². The molecule has 0 aliphatic rings. The number of hydrogen-bond acceptors (Lipinski definition) is 9. The first-order chi connectivity index (χ1) is 13.1. The lowest BCUT2D eigenvalue weighted by molar-refractivity contribution is 0.510. The number of benzene rings is 1. The fourth-order valence-electron chi connectivity index (χ4n) is 2.20. The highest BCUT2D eigenvalue weighted by molar-refractivity contribution is 8.01. The van der Waals surface area contributed by atoms with Gasteiger partial charge in [-0.1, -0.05) is 46.8 Å². The molecule has 0 aliphatic heterocycles. The molecule has 0 saturated heterocycles. The Morgan fingerprint density at radius 3 is 2.85 bits per heavy atom. The van der Waals surface area contributed by atoms with Crippen LogP contribution in [0.3, 0.4) is 0 Å². The first-order valence-electron chi connectivity index (χ1n) is 7.99. The number of anilines is 2. The predicted octanol–water partition coefficient (Wildman–Crippen LogP) is 6.21. The van der Waals surface area contributed by atoms with Gasteiger partial charge >= 0.3 is 0 Å². The topological polar surface area (TPSA) is 76.7 Å². The molecule has 0 saturated carbocycles. The van der Waals surface area contributed by atoms with Crippen molar-refractivity contribution in [1.29, 1.82) is 0 Å². The highest BCUT2D eigenvalue weighted by Crippen LogP contribution is 2.38. The van der Waals surface area contributed by atoms with Crippen LogP contribution in [0.25, 0.3) is 10.8 Å². The van der Waals surface area contributed by atoms with Crippen molar-refractivity contribution >= 4 is 56.9 Å². The molecule has 4 aromatic rings. The molecule has 0 bridgehead atoms. The van der Waals surface area contributed by atoms with Gasteiger partial charge in [-0.15, -0.1) is 31.7 Å². The second-order valence-corrected chi connectivity index (χ2v) is 9.57. The van der Waals surface area contributed by atoms with E-state index in [1.807, 2.05) is 49.6 Å². The van der Waals surface area contributed by atoms with Gasteiger partial charge in [0.05, 0.1) is 10.1 Å². The van der Waals surface area contributed by atoms with Gasteiger partial charge in [0, 0.05) is 10.7 Å². The van der Waals surface area contributed by atoms with Crippen molar-refractivity contribution in [1.82, 2.24) is 20.4 Å². The molecule has 0 amide bonds. The fraction of sp³-hybridized carbons (Fsp3) is 0.176. The summed E-state index contributed by atoms with van der Waals surface area (Å²) < 4.78 is 6.60. The van der Waals surface area contributed by atoms with E-state index in [0.717, 1.165) is 20.5 Å². The Hall–Kier alpha value is -1.94. The standard InChI is InChI=1S/C17H14ClN5OS3/c1-9-5-6-11(8-12(9)18)19-16-22-23-17(27-16)26-10(2)14-20-21-15(24-14)13-4-3-7-25-13/h3-8,10H,1-2H3,(H,19,22). The minimum absolute atomic E-state index is 0.0270. The van der Waals surface area contributed by atoms with Crippen LogP contribution in [-0.2, 0) is 0 Å². The Bertz CT molecular complexity index is 1050. The minimum atomic E-state index is -0.0270. The van der Waals surface area contributed by atoms with E-state index in [9.17, 15) is 0 Å². The van der Waals surface area contributed by atoms with Crippen LogP contribution in [0.2, 0.25) is 5.02 Å². The molecule has 0 fully saturated rings. The summed E-state index contributed by atoms with van der Waals surface area (Å²) in [5.41, 5.74) is 1.91. The summed E-state index contributed by atoms with van der Waals surface area (Å²) in [5, 5.41) is 23.3. The average Bonchev–Trinajstić information content (AvgIpc) is 3.38. The van der Waals surface area contributed by atoms with E-state index in [4.69, 9.17) is 16.0 Å². The number of thiophene rings is 1. The number of nitrogens with zero attached hydrogens (tertiary/aromatic N) is 4. The number of rotatable bonds is 6. The molecule has 1 atom stereocenters. The molecule has 1 aromatic carbocycles. The third kappa shape index (κ3) is 4.32. The Morgan fingerprint density at radius 1 is 1.19 bits per heavy atom. The predicted molar refractivity (Wildman–Crippen MR) is 111 cm³/mol. The Labute approximate surface area is 173 Å². The first-order valence-corrected chi connectivity index (χ1v) is 10.9. The van der Waals surface area contributed by atoms with Crippen molar-refractivity contribution in [3.63, 3.8) is 0 Å². The lowest BCUT2D eigenvalue weighted by atomic mass is 10.2. The van der Waals surface area contributed by atoms with Crippen molar-refractivity contribution in [2.75, 3.05) is 5.32 Å². The molecule has 27 heavy (non-hydrogen) atoms. The molecule has 10 heteroatoms. The summed E-state index contributed by atoms with van der Waals surface area (Å²) in [4.78, 5) is 0.963. The molecule has 1 N–H and O–H groups in total. The van der Waals surface area contributed by atoms with Crippen LogP contribution >= 0.6 is 46.0 Å². The van der Waals surface area contributed by atoms with Crippen LogP contribution in [0.1, 0.15) is 23.6 Å². The van der Waals surface area contributed by atoms with Crippen molar-refractivity contribution in [3.05, 3.63) is 52.2 Å². The summed E-state index contributed by atoms with van der Waals surface area (Å²) in [5.74, 6) is 1.11. The number of aromatic nitrogens is 4. The average molecular weight is 436 g/mol. The molecule has 138 valence electrons. The van der Waals surface area contributed by atoms with E-state index >= 15 is 0 Å². The summed E-state index contributed by atoms with van der Waals surface area (Å²) in [6.45, 7) is 3.97. The van der Waals surface area contributed by atoms with Crippen LogP contribution in [0.5, 0.6) is 0 Å². The van der Waals surface area contributed by atoms with Crippen LogP contribution in [0.4, 0.5) is 10.8 Å². The van der Waals surface area contributed by atoms with Crippen molar-refractivity contribution in [3.8, 4) is 10.8 Å².